The molecule has 0 saturated carbocycles. The summed E-state index contributed by atoms with van der Waals surface area (Å²) in [6.07, 6.45) is 3.91. The summed E-state index contributed by atoms with van der Waals surface area (Å²) in [5, 5.41) is 5.31. The van der Waals surface area contributed by atoms with Gasteiger partial charge >= 0.3 is 6.03 Å². The lowest BCUT2D eigenvalue weighted by atomic mass is 10.1. The summed E-state index contributed by atoms with van der Waals surface area (Å²) in [6, 6.07) is 9.37. The van der Waals surface area contributed by atoms with Crippen LogP contribution in [-0.2, 0) is 6.42 Å². The number of halogens is 1. The predicted molar refractivity (Wildman–Crippen MR) is 76.9 cm³/mol. The van der Waals surface area contributed by atoms with Crippen LogP contribution in [0.5, 0.6) is 0 Å². The molecule has 0 aliphatic carbocycles. The summed E-state index contributed by atoms with van der Waals surface area (Å²) in [6.45, 7) is 0.551. The maximum absolute atomic E-state index is 11.6. The third kappa shape index (κ3) is 4.67. The molecule has 0 fully saturated rings. The summed E-state index contributed by atoms with van der Waals surface area (Å²) in [5.41, 5.74) is 1.16. The number of urea groups is 1. The van der Waals surface area contributed by atoms with Crippen molar-refractivity contribution < 1.29 is 4.79 Å². The van der Waals surface area contributed by atoms with E-state index < -0.39 is 0 Å². The second-order valence-electron chi connectivity index (χ2n) is 3.83. The molecule has 0 unspecified atom stereocenters. The number of nitrogens with zero attached hydrogens (tertiary/aromatic N) is 2. The first kappa shape index (κ1) is 13.5. The highest BCUT2D eigenvalue weighted by Crippen LogP contribution is 2.11. The monoisotopic (exact) mass is 320 g/mol. The Balaban J connectivity index is 1.75. The minimum absolute atomic E-state index is 0.294. The first-order valence-electron chi connectivity index (χ1n) is 5.80. The summed E-state index contributed by atoms with van der Waals surface area (Å²) in [4.78, 5) is 19.4. The predicted octanol–water partition coefficient (Wildman–Crippen LogP) is 2.60. The number of amides is 2. The lowest BCUT2D eigenvalue weighted by Gasteiger charge is -2.06. The van der Waals surface area contributed by atoms with Crippen molar-refractivity contribution in [1.82, 2.24) is 15.3 Å². The Morgan fingerprint density at radius 2 is 2.00 bits per heavy atom. The van der Waals surface area contributed by atoms with Crippen molar-refractivity contribution in [2.24, 2.45) is 0 Å². The summed E-state index contributed by atoms with van der Waals surface area (Å²) < 4.78 is 1.03. The van der Waals surface area contributed by atoms with Crippen molar-refractivity contribution in [1.29, 1.82) is 0 Å². The molecule has 0 radical (unpaired) electrons. The van der Waals surface area contributed by atoms with E-state index in [0.717, 1.165) is 16.5 Å². The van der Waals surface area contributed by atoms with E-state index in [1.54, 1.807) is 18.5 Å². The molecule has 6 heteroatoms. The summed E-state index contributed by atoms with van der Waals surface area (Å²) in [5.74, 6) is 0.294. The second-order valence-corrected chi connectivity index (χ2v) is 4.75. The summed E-state index contributed by atoms with van der Waals surface area (Å²) >= 11 is 3.41. The zero-order valence-corrected chi connectivity index (χ0v) is 11.7. The second kappa shape index (κ2) is 6.84. The SMILES string of the molecule is O=C(NCCc1cccc(Br)c1)Nc1ncccn1. The van der Waals surface area contributed by atoms with Gasteiger partial charge in [0.15, 0.2) is 0 Å². The van der Waals surface area contributed by atoms with Crippen LogP contribution < -0.4 is 10.6 Å². The minimum atomic E-state index is -0.304. The van der Waals surface area contributed by atoms with Crippen LogP contribution in [0.2, 0.25) is 0 Å². The van der Waals surface area contributed by atoms with Gasteiger partial charge in [-0.3, -0.25) is 5.32 Å². The van der Waals surface area contributed by atoms with Crippen molar-refractivity contribution in [3.63, 3.8) is 0 Å². The van der Waals surface area contributed by atoms with Crippen LogP contribution in [-0.4, -0.2) is 22.5 Å². The van der Waals surface area contributed by atoms with E-state index in [1.165, 1.54) is 0 Å². The van der Waals surface area contributed by atoms with Gasteiger partial charge in [-0.15, -0.1) is 0 Å². The third-order valence-electron chi connectivity index (χ3n) is 2.38. The molecule has 2 aromatic rings. The highest BCUT2D eigenvalue weighted by molar-refractivity contribution is 9.10. The van der Waals surface area contributed by atoms with Crippen molar-refractivity contribution in [3.05, 3.63) is 52.8 Å². The fourth-order valence-electron chi connectivity index (χ4n) is 1.52. The topological polar surface area (TPSA) is 66.9 Å². The average molecular weight is 321 g/mol. The van der Waals surface area contributed by atoms with E-state index in [-0.39, 0.29) is 6.03 Å². The Kier molecular flexibility index (Phi) is 4.85. The van der Waals surface area contributed by atoms with Crippen molar-refractivity contribution in [2.45, 2.75) is 6.42 Å². The third-order valence-corrected chi connectivity index (χ3v) is 2.87. The fourth-order valence-corrected chi connectivity index (χ4v) is 1.97. The lowest BCUT2D eigenvalue weighted by Crippen LogP contribution is -2.31. The highest BCUT2D eigenvalue weighted by Gasteiger charge is 2.02. The molecule has 0 saturated heterocycles. The van der Waals surface area contributed by atoms with Crippen LogP contribution in [0.4, 0.5) is 10.7 Å². The first-order chi connectivity index (χ1) is 9.24. The Bertz CT molecular complexity index is 547. The lowest BCUT2D eigenvalue weighted by molar-refractivity contribution is 0.252. The average Bonchev–Trinajstić information content (AvgIpc) is 2.40. The van der Waals surface area contributed by atoms with Gasteiger partial charge in [-0.1, -0.05) is 28.1 Å². The van der Waals surface area contributed by atoms with Gasteiger partial charge in [0.05, 0.1) is 0 Å². The fraction of sp³-hybridized carbons (Fsp3) is 0.154. The van der Waals surface area contributed by atoms with Gasteiger partial charge in [0.2, 0.25) is 5.95 Å². The molecule has 98 valence electrons. The smallest absolute Gasteiger partial charge is 0.321 e. The maximum atomic E-state index is 11.6. The summed E-state index contributed by atoms with van der Waals surface area (Å²) in [7, 11) is 0. The van der Waals surface area contributed by atoms with E-state index in [1.807, 2.05) is 24.3 Å². The highest BCUT2D eigenvalue weighted by atomic mass is 79.9. The Labute approximate surface area is 119 Å². The first-order valence-corrected chi connectivity index (χ1v) is 6.59. The molecule has 0 aliphatic heterocycles. The quantitative estimate of drug-likeness (QED) is 0.910. The van der Waals surface area contributed by atoms with Gasteiger partial charge in [-0.25, -0.2) is 14.8 Å². The van der Waals surface area contributed by atoms with Gasteiger partial charge in [0.25, 0.3) is 0 Å². The Hall–Kier alpha value is -1.95. The largest absolute Gasteiger partial charge is 0.337 e. The van der Waals surface area contributed by atoms with Crippen LogP contribution >= 0.6 is 15.9 Å². The van der Waals surface area contributed by atoms with Gasteiger partial charge in [-0.05, 0) is 30.2 Å². The molecule has 0 atom stereocenters. The van der Waals surface area contributed by atoms with E-state index in [2.05, 4.69) is 36.5 Å². The minimum Gasteiger partial charge on any atom is -0.337 e. The number of nitrogens with one attached hydrogen (secondary N) is 2. The van der Waals surface area contributed by atoms with Gasteiger partial charge in [0.1, 0.15) is 0 Å². The van der Waals surface area contributed by atoms with Crippen LogP contribution in [0.15, 0.2) is 47.2 Å². The molecular formula is C13H13BrN4O. The van der Waals surface area contributed by atoms with Crippen LogP contribution in [0, 0.1) is 0 Å². The number of hydrogen-bond donors (Lipinski definition) is 2. The van der Waals surface area contributed by atoms with Crippen LogP contribution in [0.3, 0.4) is 0 Å². The number of aromatic nitrogens is 2. The van der Waals surface area contributed by atoms with E-state index in [4.69, 9.17) is 0 Å². The van der Waals surface area contributed by atoms with E-state index in [0.29, 0.717) is 12.5 Å². The van der Waals surface area contributed by atoms with Crippen LogP contribution in [0.25, 0.3) is 0 Å². The van der Waals surface area contributed by atoms with Crippen molar-refractivity contribution in [2.75, 3.05) is 11.9 Å². The standard InChI is InChI=1S/C13H13BrN4O/c14-11-4-1-3-10(9-11)5-8-17-13(19)18-12-15-6-2-7-16-12/h1-4,6-7,9H,5,8H2,(H2,15,16,17,18,19). The number of hydrogen-bond acceptors (Lipinski definition) is 3. The van der Waals surface area contributed by atoms with Gasteiger partial charge in [0, 0.05) is 23.4 Å². The molecule has 5 nitrogen and oxygen atoms in total. The zero-order valence-electron chi connectivity index (χ0n) is 10.1. The molecule has 0 bridgehead atoms. The van der Waals surface area contributed by atoms with Crippen molar-refractivity contribution in [3.8, 4) is 0 Å². The molecule has 19 heavy (non-hydrogen) atoms. The zero-order chi connectivity index (χ0) is 13.5. The van der Waals surface area contributed by atoms with Gasteiger partial charge in [-0.2, -0.15) is 0 Å². The number of anilines is 1. The number of benzene rings is 1. The Morgan fingerprint density at radius 1 is 1.21 bits per heavy atom. The molecule has 0 spiro atoms. The molecule has 1 aromatic carbocycles. The molecule has 2 amide bonds. The molecular weight excluding hydrogens is 308 g/mol. The van der Waals surface area contributed by atoms with Crippen LogP contribution in [0.1, 0.15) is 5.56 Å². The van der Waals surface area contributed by atoms with Gasteiger partial charge < -0.3 is 5.32 Å². The maximum Gasteiger partial charge on any atom is 0.321 e. The van der Waals surface area contributed by atoms with E-state index >= 15 is 0 Å². The molecule has 2 rings (SSSR count). The normalized spacial score (nSPS) is 9.95. The number of rotatable bonds is 4. The van der Waals surface area contributed by atoms with E-state index in [9.17, 15) is 4.79 Å². The molecule has 2 N–H and O–H groups in total. The molecule has 1 heterocycles. The Morgan fingerprint density at radius 3 is 2.74 bits per heavy atom. The molecule has 1 aromatic heterocycles. The number of carbonyl (C=O) groups excluding carboxylic acids is 1. The number of carbonyl (C=O) groups is 1. The van der Waals surface area contributed by atoms with Crippen molar-refractivity contribution >= 4 is 27.9 Å². The molecule has 0 aliphatic rings.